The number of carbonyl (C=O) groups is 1. The van der Waals surface area contributed by atoms with Crippen LogP contribution in [0.2, 0.25) is 0 Å². The molecule has 2 aromatic carbocycles. The van der Waals surface area contributed by atoms with E-state index < -0.39 is 0 Å². The molecular weight excluding hydrogens is 196 g/mol. The van der Waals surface area contributed by atoms with Crippen molar-refractivity contribution >= 4 is 16.6 Å². The first kappa shape index (κ1) is 9.59. The van der Waals surface area contributed by atoms with Crippen LogP contribution in [-0.4, -0.2) is 5.78 Å². The van der Waals surface area contributed by atoms with Crippen LogP contribution < -0.4 is 0 Å². The molecular formula is C15H14O. The molecule has 1 nitrogen and oxygen atoms in total. The van der Waals surface area contributed by atoms with Gasteiger partial charge in [0.2, 0.25) is 0 Å². The molecule has 0 saturated heterocycles. The van der Waals surface area contributed by atoms with E-state index in [4.69, 9.17) is 0 Å². The average Bonchev–Trinajstić information content (AvgIpc) is 2.29. The Kier molecular flexibility index (Phi) is 2.06. The van der Waals surface area contributed by atoms with Gasteiger partial charge in [-0.1, -0.05) is 30.3 Å². The zero-order valence-electron chi connectivity index (χ0n) is 9.42. The molecule has 0 N–H and O–H groups in total. The van der Waals surface area contributed by atoms with Crippen LogP contribution >= 0.6 is 0 Å². The van der Waals surface area contributed by atoms with E-state index in [9.17, 15) is 4.79 Å². The van der Waals surface area contributed by atoms with Crippen molar-refractivity contribution in [3.8, 4) is 0 Å². The van der Waals surface area contributed by atoms with Crippen molar-refractivity contribution < 1.29 is 4.79 Å². The summed E-state index contributed by atoms with van der Waals surface area (Å²) >= 11 is 0. The molecule has 0 atom stereocenters. The normalized spacial score (nSPS) is 15.2. The molecule has 80 valence electrons. The summed E-state index contributed by atoms with van der Waals surface area (Å²) in [5.74, 6) is 0.317. The fourth-order valence-corrected chi connectivity index (χ4v) is 2.72. The molecule has 3 rings (SSSR count). The number of carbonyl (C=O) groups excluding carboxylic acids is 1. The van der Waals surface area contributed by atoms with E-state index in [0.29, 0.717) is 12.2 Å². The number of Topliss-reactive ketones (excluding diaryl/α,β-unsaturated/α-hetero) is 1. The minimum atomic E-state index is 0.317. The number of hydrogen-bond donors (Lipinski definition) is 0. The fraction of sp³-hybridized carbons (Fsp3) is 0.267. The molecule has 0 fully saturated rings. The highest BCUT2D eigenvalue weighted by atomic mass is 16.1. The molecule has 0 amide bonds. The van der Waals surface area contributed by atoms with Gasteiger partial charge in [-0.3, -0.25) is 4.79 Å². The Morgan fingerprint density at radius 2 is 1.81 bits per heavy atom. The fourth-order valence-electron chi connectivity index (χ4n) is 2.72. The summed E-state index contributed by atoms with van der Waals surface area (Å²) in [6, 6.07) is 10.4. The van der Waals surface area contributed by atoms with Crippen molar-refractivity contribution in [1.29, 1.82) is 0 Å². The van der Waals surface area contributed by atoms with Crippen LogP contribution in [0.5, 0.6) is 0 Å². The Morgan fingerprint density at radius 1 is 1.06 bits per heavy atom. The lowest BCUT2D eigenvalue weighted by molar-refractivity contribution is 0.0974. The third kappa shape index (κ3) is 1.28. The molecule has 0 aromatic heterocycles. The SMILES string of the molecule is Cc1cc2c(c3ccccc13)C(=O)CCC2. The van der Waals surface area contributed by atoms with Gasteiger partial charge in [0.15, 0.2) is 5.78 Å². The van der Waals surface area contributed by atoms with Crippen LogP contribution in [0.3, 0.4) is 0 Å². The Hall–Kier alpha value is -1.63. The van der Waals surface area contributed by atoms with E-state index >= 15 is 0 Å². The smallest absolute Gasteiger partial charge is 0.163 e. The Labute approximate surface area is 95.1 Å². The second-order valence-electron chi connectivity index (χ2n) is 4.55. The van der Waals surface area contributed by atoms with E-state index in [-0.39, 0.29) is 0 Å². The molecule has 0 radical (unpaired) electrons. The lowest BCUT2D eigenvalue weighted by atomic mass is 9.85. The molecule has 0 saturated carbocycles. The molecule has 16 heavy (non-hydrogen) atoms. The standard InChI is InChI=1S/C15H14O/c1-10-9-11-5-4-8-14(16)15(11)13-7-3-2-6-12(10)13/h2-3,6-7,9H,4-5,8H2,1H3. The second-order valence-corrected chi connectivity index (χ2v) is 4.55. The van der Waals surface area contributed by atoms with E-state index in [2.05, 4.69) is 25.1 Å². The third-order valence-corrected chi connectivity index (χ3v) is 3.46. The van der Waals surface area contributed by atoms with Gasteiger partial charge in [0, 0.05) is 12.0 Å². The maximum Gasteiger partial charge on any atom is 0.163 e. The molecule has 0 bridgehead atoms. The maximum atomic E-state index is 12.0. The Balaban J connectivity index is 2.45. The zero-order chi connectivity index (χ0) is 11.1. The molecule has 1 heteroatoms. The van der Waals surface area contributed by atoms with Crippen LogP contribution in [0.1, 0.15) is 34.3 Å². The number of benzene rings is 2. The molecule has 2 aromatic rings. The van der Waals surface area contributed by atoms with Gasteiger partial charge in [-0.25, -0.2) is 0 Å². The minimum Gasteiger partial charge on any atom is -0.294 e. The number of ketones is 1. The lowest BCUT2D eigenvalue weighted by Gasteiger charge is -2.18. The van der Waals surface area contributed by atoms with Crippen molar-refractivity contribution in [3.63, 3.8) is 0 Å². The summed E-state index contributed by atoms with van der Waals surface area (Å²) in [5, 5.41) is 2.36. The van der Waals surface area contributed by atoms with E-state index in [1.54, 1.807) is 0 Å². The summed E-state index contributed by atoms with van der Waals surface area (Å²) in [4.78, 5) is 12.0. The summed E-state index contributed by atoms with van der Waals surface area (Å²) in [5.41, 5.74) is 3.50. The number of rotatable bonds is 0. The highest BCUT2D eigenvalue weighted by molar-refractivity contribution is 6.10. The maximum absolute atomic E-state index is 12.0. The van der Waals surface area contributed by atoms with Crippen molar-refractivity contribution in [2.24, 2.45) is 0 Å². The predicted octanol–water partition coefficient (Wildman–Crippen LogP) is 3.67. The number of hydrogen-bond acceptors (Lipinski definition) is 1. The second kappa shape index (κ2) is 3.44. The molecule has 0 heterocycles. The van der Waals surface area contributed by atoms with Crippen molar-refractivity contribution in [3.05, 3.63) is 47.0 Å². The number of fused-ring (bicyclic) bond motifs is 3. The monoisotopic (exact) mass is 210 g/mol. The highest BCUT2D eigenvalue weighted by Crippen LogP contribution is 2.31. The van der Waals surface area contributed by atoms with Gasteiger partial charge in [0.25, 0.3) is 0 Å². The summed E-state index contributed by atoms with van der Waals surface area (Å²) < 4.78 is 0. The molecule has 1 aliphatic rings. The van der Waals surface area contributed by atoms with Gasteiger partial charge < -0.3 is 0 Å². The molecule has 0 unspecified atom stereocenters. The minimum absolute atomic E-state index is 0.317. The molecule has 0 aliphatic heterocycles. The van der Waals surface area contributed by atoms with Crippen LogP contribution in [0.4, 0.5) is 0 Å². The Bertz CT molecular complexity index is 581. The van der Waals surface area contributed by atoms with Crippen molar-refractivity contribution in [2.45, 2.75) is 26.2 Å². The number of aryl methyl sites for hydroxylation is 2. The van der Waals surface area contributed by atoms with Crippen LogP contribution in [0, 0.1) is 6.92 Å². The summed E-state index contributed by atoms with van der Waals surface area (Å²) in [6.45, 7) is 2.13. The topological polar surface area (TPSA) is 17.1 Å². The zero-order valence-corrected chi connectivity index (χ0v) is 9.42. The lowest BCUT2D eigenvalue weighted by Crippen LogP contribution is -2.11. The summed E-state index contributed by atoms with van der Waals surface area (Å²) in [6.07, 6.45) is 2.76. The van der Waals surface area contributed by atoms with Crippen molar-refractivity contribution in [2.75, 3.05) is 0 Å². The molecule has 1 aliphatic carbocycles. The van der Waals surface area contributed by atoms with Crippen LogP contribution in [0.15, 0.2) is 30.3 Å². The van der Waals surface area contributed by atoms with Gasteiger partial charge in [-0.2, -0.15) is 0 Å². The van der Waals surface area contributed by atoms with Gasteiger partial charge in [-0.05, 0) is 41.7 Å². The van der Waals surface area contributed by atoms with Gasteiger partial charge in [0.1, 0.15) is 0 Å². The first-order chi connectivity index (χ1) is 7.77. The van der Waals surface area contributed by atoms with Gasteiger partial charge in [-0.15, -0.1) is 0 Å². The predicted molar refractivity (Wildman–Crippen MR) is 66.0 cm³/mol. The van der Waals surface area contributed by atoms with E-state index in [1.165, 1.54) is 16.5 Å². The quantitative estimate of drug-likeness (QED) is 0.648. The first-order valence-corrected chi connectivity index (χ1v) is 5.82. The van der Waals surface area contributed by atoms with Crippen LogP contribution in [-0.2, 0) is 6.42 Å². The van der Waals surface area contributed by atoms with Gasteiger partial charge >= 0.3 is 0 Å². The highest BCUT2D eigenvalue weighted by Gasteiger charge is 2.20. The first-order valence-electron chi connectivity index (χ1n) is 5.82. The summed E-state index contributed by atoms with van der Waals surface area (Å²) in [7, 11) is 0. The largest absolute Gasteiger partial charge is 0.294 e. The third-order valence-electron chi connectivity index (χ3n) is 3.46. The van der Waals surface area contributed by atoms with E-state index in [0.717, 1.165) is 23.8 Å². The van der Waals surface area contributed by atoms with Crippen molar-refractivity contribution in [1.82, 2.24) is 0 Å². The van der Waals surface area contributed by atoms with Crippen LogP contribution in [0.25, 0.3) is 10.8 Å². The Morgan fingerprint density at radius 3 is 2.62 bits per heavy atom. The molecule has 0 spiro atoms. The van der Waals surface area contributed by atoms with Gasteiger partial charge in [0.05, 0.1) is 0 Å². The van der Waals surface area contributed by atoms with E-state index in [1.807, 2.05) is 12.1 Å². The average molecular weight is 210 g/mol.